The highest BCUT2D eigenvalue weighted by molar-refractivity contribution is 5.82. The summed E-state index contributed by atoms with van der Waals surface area (Å²) < 4.78 is 12.7. The predicted molar refractivity (Wildman–Crippen MR) is 156 cm³/mol. The molecule has 13 nitrogen and oxygen atoms in total. The van der Waals surface area contributed by atoms with Gasteiger partial charge in [-0.25, -0.2) is 19.7 Å². The van der Waals surface area contributed by atoms with Crippen LogP contribution in [-0.2, 0) is 27.4 Å². The fourth-order valence-electron chi connectivity index (χ4n) is 4.83. The van der Waals surface area contributed by atoms with Gasteiger partial charge in [0.15, 0.2) is 17.6 Å². The number of hydrogen-bond acceptors (Lipinski definition) is 10. The van der Waals surface area contributed by atoms with Crippen molar-refractivity contribution in [3.05, 3.63) is 48.0 Å². The number of rotatable bonds is 11. The number of piperidine rings is 1. The number of anilines is 1. The molecule has 1 aliphatic carbocycles. The van der Waals surface area contributed by atoms with Gasteiger partial charge in [0.25, 0.3) is 5.91 Å². The first kappa shape index (κ1) is 30.2. The Morgan fingerprint density at radius 1 is 1.14 bits per heavy atom. The van der Waals surface area contributed by atoms with Crippen molar-refractivity contribution in [2.24, 2.45) is 5.92 Å². The van der Waals surface area contributed by atoms with Crippen molar-refractivity contribution in [3.63, 3.8) is 0 Å². The fourth-order valence-corrected chi connectivity index (χ4v) is 4.83. The molecule has 2 atom stereocenters. The van der Waals surface area contributed by atoms with Gasteiger partial charge in [-0.05, 0) is 43.1 Å². The van der Waals surface area contributed by atoms with Crippen LogP contribution in [0.25, 0.3) is 11.2 Å². The summed E-state index contributed by atoms with van der Waals surface area (Å²) in [6, 6.07) is 10.0. The number of aliphatic hydroxyl groups excluding tert-OH is 2. The summed E-state index contributed by atoms with van der Waals surface area (Å²) in [7, 11) is 0. The second-order valence-corrected chi connectivity index (χ2v) is 10.9. The molecule has 1 unspecified atom stereocenters. The quantitative estimate of drug-likeness (QED) is 0.237. The number of likely N-dealkylation sites (tertiary alicyclic amines) is 1. The van der Waals surface area contributed by atoms with Crippen molar-refractivity contribution in [1.82, 2.24) is 29.7 Å². The minimum atomic E-state index is -1.38. The molecule has 43 heavy (non-hydrogen) atoms. The Bertz CT molecular complexity index is 1460. The molecule has 2 fully saturated rings. The highest BCUT2D eigenvalue weighted by Gasteiger charge is 2.32. The standard InChI is InChI=1S/C30H37N7O6/c31-27-25-28(37(18-32-25)19-43-26(23(39)17-38)29(40)33-22-9-10-22)35-24(34-27)8-4-7-21-11-14-36(15-12-21)30(41)42-16-13-20-5-2-1-3-6-20/h1-3,5-6,18,21-23,26,38-39H,7,9-17,19H2,(H,33,40)(H2,31,34,35)/t23?,26-/m0/s1. The van der Waals surface area contributed by atoms with Crippen molar-refractivity contribution in [2.75, 3.05) is 32.0 Å². The van der Waals surface area contributed by atoms with Crippen LogP contribution in [0.5, 0.6) is 0 Å². The molecule has 1 saturated carbocycles. The number of nitrogens with two attached hydrogens (primary N) is 1. The van der Waals surface area contributed by atoms with Crippen molar-refractivity contribution < 1.29 is 29.3 Å². The normalized spacial score (nSPS) is 16.7. The molecule has 5 N–H and O–H groups in total. The smallest absolute Gasteiger partial charge is 0.409 e. The third-order valence-corrected chi connectivity index (χ3v) is 7.53. The van der Waals surface area contributed by atoms with Gasteiger partial charge in [-0.15, -0.1) is 0 Å². The first-order chi connectivity index (χ1) is 20.9. The molecular weight excluding hydrogens is 554 g/mol. The van der Waals surface area contributed by atoms with Gasteiger partial charge in [-0.1, -0.05) is 36.3 Å². The summed E-state index contributed by atoms with van der Waals surface area (Å²) in [5.41, 5.74) is 7.98. The second kappa shape index (κ2) is 14.3. The number of amides is 2. The first-order valence-corrected chi connectivity index (χ1v) is 14.5. The number of hydrogen-bond donors (Lipinski definition) is 4. The number of aliphatic hydroxyl groups is 2. The maximum atomic E-state index is 12.5. The maximum Gasteiger partial charge on any atom is 0.409 e. The van der Waals surface area contributed by atoms with Gasteiger partial charge in [0.1, 0.15) is 18.4 Å². The molecule has 13 heteroatoms. The van der Waals surface area contributed by atoms with E-state index < -0.39 is 24.7 Å². The van der Waals surface area contributed by atoms with E-state index in [2.05, 4.69) is 32.1 Å². The second-order valence-electron chi connectivity index (χ2n) is 10.9. The summed E-state index contributed by atoms with van der Waals surface area (Å²) in [4.78, 5) is 39.7. The summed E-state index contributed by atoms with van der Waals surface area (Å²) in [5.74, 6) is 6.35. The van der Waals surface area contributed by atoms with Crippen molar-refractivity contribution in [1.29, 1.82) is 0 Å². The van der Waals surface area contributed by atoms with E-state index in [1.807, 2.05) is 30.3 Å². The Balaban J connectivity index is 1.12. The van der Waals surface area contributed by atoms with Crippen LogP contribution in [0.1, 0.15) is 43.5 Å². The number of nitrogen functional groups attached to an aromatic ring is 1. The van der Waals surface area contributed by atoms with E-state index in [0.29, 0.717) is 49.6 Å². The number of nitrogens with one attached hydrogen (secondary N) is 1. The maximum absolute atomic E-state index is 12.5. The lowest BCUT2D eigenvalue weighted by molar-refractivity contribution is -0.147. The highest BCUT2D eigenvalue weighted by atomic mass is 16.6. The van der Waals surface area contributed by atoms with E-state index in [-0.39, 0.29) is 30.5 Å². The number of fused-ring (bicyclic) bond motifs is 1. The lowest BCUT2D eigenvalue weighted by Gasteiger charge is -2.30. The molecule has 1 aromatic carbocycles. The molecule has 2 amide bonds. The van der Waals surface area contributed by atoms with Crippen LogP contribution in [0.4, 0.5) is 10.6 Å². The average molecular weight is 592 g/mol. The van der Waals surface area contributed by atoms with E-state index in [1.165, 1.54) is 10.9 Å². The van der Waals surface area contributed by atoms with Crippen LogP contribution in [0, 0.1) is 17.8 Å². The number of carbonyl (C=O) groups excluding carboxylic acids is 2. The number of ether oxygens (including phenoxy) is 2. The molecule has 3 heterocycles. The zero-order chi connectivity index (χ0) is 30.2. The molecule has 228 valence electrons. The van der Waals surface area contributed by atoms with Crippen molar-refractivity contribution in [3.8, 4) is 11.8 Å². The Labute approximate surface area is 249 Å². The van der Waals surface area contributed by atoms with Gasteiger partial charge < -0.3 is 35.6 Å². The molecule has 2 aliphatic rings. The minimum absolute atomic E-state index is 0.0754. The van der Waals surface area contributed by atoms with Crippen LogP contribution in [0.15, 0.2) is 36.7 Å². The van der Waals surface area contributed by atoms with Crippen LogP contribution in [0.2, 0.25) is 0 Å². The summed E-state index contributed by atoms with van der Waals surface area (Å²) in [6.45, 7) is 0.812. The van der Waals surface area contributed by atoms with E-state index >= 15 is 0 Å². The SMILES string of the molecule is Nc1nc(C#CCC2CCN(C(=O)OCCc3ccccc3)CC2)nc2c1ncn2CO[C@H](C(=O)NC1CC1)C(O)CO. The zero-order valence-corrected chi connectivity index (χ0v) is 23.9. The molecule has 0 radical (unpaired) electrons. The monoisotopic (exact) mass is 591 g/mol. The Morgan fingerprint density at radius 3 is 2.63 bits per heavy atom. The largest absolute Gasteiger partial charge is 0.449 e. The average Bonchev–Trinajstić information content (AvgIpc) is 3.74. The Kier molecular flexibility index (Phi) is 10.0. The van der Waals surface area contributed by atoms with Gasteiger partial charge in [0.05, 0.1) is 19.5 Å². The number of imidazole rings is 1. The van der Waals surface area contributed by atoms with Crippen molar-refractivity contribution in [2.45, 2.75) is 63.5 Å². The van der Waals surface area contributed by atoms with Gasteiger partial charge in [-0.2, -0.15) is 0 Å². The van der Waals surface area contributed by atoms with Gasteiger partial charge >= 0.3 is 6.09 Å². The molecule has 5 rings (SSSR count). The number of nitrogens with zero attached hydrogens (tertiary/aromatic N) is 5. The highest BCUT2D eigenvalue weighted by Crippen LogP contribution is 2.22. The Morgan fingerprint density at radius 2 is 1.91 bits per heavy atom. The zero-order valence-electron chi connectivity index (χ0n) is 23.9. The number of benzene rings is 1. The van der Waals surface area contributed by atoms with Gasteiger partial charge in [0.2, 0.25) is 5.82 Å². The fraction of sp³-hybridized carbons (Fsp3) is 0.500. The molecule has 1 saturated heterocycles. The lowest BCUT2D eigenvalue weighted by atomic mass is 9.94. The van der Waals surface area contributed by atoms with Crippen LogP contribution < -0.4 is 11.1 Å². The molecule has 0 spiro atoms. The Hall–Kier alpha value is -4.25. The predicted octanol–water partition coefficient (Wildman–Crippen LogP) is 1.22. The molecule has 2 aromatic heterocycles. The molecular formula is C30H37N7O6. The van der Waals surface area contributed by atoms with Gasteiger partial charge in [-0.3, -0.25) is 9.36 Å². The summed E-state index contributed by atoms with van der Waals surface area (Å²) in [5, 5.41) is 22.3. The topological polar surface area (TPSA) is 178 Å². The number of aromatic nitrogens is 4. The molecule has 0 bridgehead atoms. The van der Waals surface area contributed by atoms with Gasteiger partial charge in [0, 0.05) is 32.0 Å². The first-order valence-electron chi connectivity index (χ1n) is 14.5. The third-order valence-electron chi connectivity index (χ3n) is 7.53. The summed E-state index contributed by atoms with van der Waals surface area (Å²) in [6.07, 6.45) is 3.25. The van der Waals surface area contributed by atoms with Crippen LogP contribution in [-0.4, -0.2) is 91.2 Å². The van der Waals surface area contributed by atoms with E-state index in [1.54, 1.807) is 4.90 Å². The van der Waals surface area contributed by atoms with Crippen molar-refractivity contribution >= 4 is 29.0 Å². The molecule has 3 aromatic rings. The summed E-state index contributed by atoms with van der Waals surface area (Å²) >= 11 is 0. The molecule has 1 aliphatic heterocycles. The van der Waals surface area contributed by atoms with E-state index in [9.17, 15) is 19.8 Å². The lowest BCUT2D eigenvalue weighted by Crippen LogP contribution is -2.46. The third kappa shape index (κ3) is 8.19. The minimum Gasteiger partial charge on any atom is -0.449 e. The number of carbonyl (C=O) groups is 2. The van der Waals surface area contributed by atoms with E-state index in [0.717, 1.165) is 31.2 Å². The van der Waals surface area contributed by atoms with Crippen LogP contribution >= 0.6 is 0 Å². The van der Waals surface area contributed by atoms with E-state index in [4.69, 9.17) is 15.2 Å². The van der Waals surface area contributed by atoms with Crippen LogP contribution in [0.3, 0.4) is 0 Å².